The number of benzene rings is 1. The Hall–Kier alpha value is -1.81. The predicted octanol–water partition coefficient (Wildman–Crippen LogP) is 3.58. The molecular weight excluding hydrogens is 257 g/mol. The first-order valence-electron chi connectivity index (χ1n) is 5.29. The number of halogens is 2. The molecule has 1 aromatic heterocycles. The number of aromatic nitrogens is 1. The minimum absolute atomic E-state index is 0.216. The number of nitrogens with zero attached hydrogens (tertiary/aromatic N) is 1. The highest BCUT2D eigenvalue weighted by molar-refractivity contribution is 6.32. The van der Waals surface area contributed by atoms with E-state index >= 15 is 0 Å². The Bertz CT molecular complexity index is 634. The number of rotatable bonds is 2. The van der Waals surface area contributed by atoms with Gasteiger partial charge in [-0.15, -0.1) is 0 Å². The fourth-order valence-electron chi connectivity index (χ4n) is 2.01. The highest BCUT2D eigenvalue weighted by Crippen LogP contribution is 2.27. The van der Waals surface area contributed by atoms with Gasteiger partial charge < -0.3 is 9.67 Å². The zero-order chi connectivity index (χ0) is 13.4. The number of carboxylic acid groups (broad SMARTS) is 1. The molecule has 2 aromatic rings. The van der Waals surface area contributed by atoms with E-state index in [1.807, 2.05) is 0 Å². The number of carbonyl (C=O) groups is 1. The predicted molar refractivity (Wildman–Crippen MR) is 67.2 cm³/mol. The molecule has 0 radical (unpaired) electrons. The molecule has 18 heavy (non-hydrogen) atoms. The molecule has 1 N–H and O–H groups in total. The monoisotopic (exact) mass is 267 g/mol. The quantitative estimate of drug-likeness (QED) is 0.904. The SMILES string of the molecule is Cc1cc(C(=O)O)c(C)n1-c1ccc(F)cc1Cl. The molecule has 3 nitrogen and oxygen atoms in total. The second kappa shape index (κ2) is 4.46. The van der Waals surface area contributed by atoms with Crippen molar-refractivity contribution in [2.45, 2.75) is 13.8 Å². The molecule has 0 aliphatic rings. The van der Waals surface area contributed by atoms with Gasteiger partial charge in [0.15, 0.2) is 0 Å². The maximum absolute atomic E-state index is 13.0. The van der Waals surface area contributed by atoms with Crippen LogP contribution in [-0.2, 0) is 0 Å². The number of aryl methyl sites for hydroxylation is 1. The van der Waals surface area contributed by atoms with Crippen molar-refractivity contribution in [2.75, 3.05) is 0 Å². The second-order valence-corrected chi connectivity index (χ2v) is 4.43. The Balaban J connectivity index is 2.68. The molecule has 0 atom stereocenters. The Kier molecular flexibility index (Phi) is 3.13. The van der Waals surface area contributed by atoms with Crippen LogP contribution in [0.1, 0.15) is 21.7 Å². The number of hydrogen-bond donors (Lipinski definition) is 1. The van der Waals surface area contributed by atoms with Crippen LogP contribution in [0.3, 0.4) is 0 Å². The van der Waals surface area contributed by atoms with Crippen LogP contribution in [0.25, 0.3) is 5.69 Å². The van der Waals surface area contributed by atoms with Gasteiger partial charge >= 0.3 is 5.97 Å². The van der Waals surface area contributed by atoms with E-state index < -0.39 is 11.8 Å². The van der Waals surface area contributed by atoms with Gasteiger partial charge in [-0.05, 0) is 38.1 Å². The van der Waals surface area contributed by atoms with Crippen LogP contribution in [0.2, 0.25) is 5.02 Å². The summed E-state index contributed by atoms with van der Waals surface area (Å²) in [7, 11) is 0. The Morgan fingerprint density at radius 1 is 1.33 bits per heavy atom. The zero-order valence-electron chi connectivity index (χ0n) is 9.87. The number of hydrogen-bond acceptors (Lipinski definition) is 1. The Morgan fingerprint density at radius 3 is 2.50 bits per heavy atom. The molecule has 0 aliphatic carbocycles. The van der Waals surface area contributed by atoms with Gasteiger partial charge in [0.25, 0.3) is 0 Å². The summed E-state index contributed by atoms with van der Waals surface area (Å²) in [4.78, 5) is 11.1. The van der Waals surface area contributed by atoms with E-state index in [0.717, 1.165) is 5.69 Å². The maximum Gasteiger partial charge on any atom is 0.337 e. The van der Waals surface area contributed by atoms with Crippen molar-refractivity contribution in [1.82, 2.24) is 4.57 Å². The lowest BCUT2D eigenvalue weighted by molar-refractivity contribution is 0.0696. The molecule has 1 heterocycles. The highest BCUT2D eigenvalue weighted by atomic mass is 35.5. The zero-order valence-corrected chi connectivity index (χ0v) is 10.6. The third-order valence-electron chi connectivity index (χ3n) is 2.81. The van der Waals surface area contributed by atoms with Crippen molar-refractivity contribution in [3.05, 3.63) is 52.1 Å². The smallest absolute Gasteiger partial charge is 0.337 e. The molecule has 0 unspecified atom stereocenters. The number of aromatic carboxylic acids is 1. The molecule has 0 aliphatic heterocycles. The first-order valence-corrected chi connectivity index (χ1v) is 5.67. The van der Waals surface area contributed by atoms with Gasteiger partial charge in [0.05, 0.1) is 16.3 Å². The van der Waals surface area contributed by atoms with E-state index in [9.17, 15) is 9.18 Å². The lowest BCUT2D eigenvalue weighted by Crippen LogP contribution is -2.03. The largest absolute Gasteiger partial charge is 0.478 e. The summed E-state index contributed by atoms with van der Waals surface area (Å²) in [5, 5.41) is 9.30. The van der Waals surface area contributed by atoms with Gasteiger partial charge in [0.2, 0.25) is 0 Å². The van der Waals surface area contributed by atoms with Crippen LogP contribution in [0.4, 0.5) is 4.39 Å². The minimum atomic E-state index is -0.993. The van der Waals surface area contributed by atoms with E-state index in [2.05, 4.69) is 0 Å². The first kappa shape index (κ1) is 12.6. The van der Waals surface area contributed by atoms with Crippen molar-refractivity contribution in [2.24, 2.45) is 0 Å². The van der Waals surface area contributed by atoms with Gasteiger partial charge in [0, 0.05) is 11.4 Å². The molecule has 0 spiro atoms. The average molecular weight is 268 g/mol. The van der Waals surface area contributed by atoms with E-state index in [1.54, 1.807) is 24.5 Å². The van der Waals surface area contributed by atoms with Crippen molar-refractivity contribution in [3.8, 4) is 5.69 Å². The summed E-state index contributed by atoms with van der Waals surface area (Å²) in [5.74, 6) is -1.42. The molecule has 0 saturated heterocycles. The molecule has 0 saturated carbocycles. The van der Waals surface area contributed by atoms with Gasteiger partial charge in [-0.2, -0.15) is 0 Å². The van der Waals surface area contributed by atoms with E-state index in [-0.39, 0.29) is 10.6 Å². The normalized spacial score (nSPS) is 10.7. The van der Waals surface area contributed by atoms with Gasteiger partial charge in [0.1, 0.15) is 5.82 Å². The van der Waals surface area contributed by atoms with Gasteiger partial charge in [-0.1, -0.05) is 11.6 Å². The molecule has 5 heteroatoms. The summed E-state index contributed by atoms with van der Waals surface area (Å²) >= 11 is 5.99. The maximum atomic E-state index is 13.0. The van der Waals surface area contributed by atoms with Crippen LogP contribution in [0.15, 0.2) is 24.3 Å². The molecule has 1 aromatic carbocycles. The standard InChI is InChI=1S/C13H11ClFNO2/c1-7-5-10(13(17)18)8(2)16(7)12-4-3-9(15)6-11(12)14/h3-6H,1-2H3,(H,17,18). The number of carboxylic acids is 1. The van der Waals surface area contributed by atoms with Crippen LogP contribution >= 0.6 is 11.6 Å². The lowest BCUT2D eigenvalue weighted by atomic mass is 10.2. The first-order chi connectivity index (χ1) is 8.41. The van der Waals surface area contributed by atoms with Gasteiger partial charge in [-0.25, -0.2) is 9.18 Å². The third kappa shape index (κ3) is 1.99. The van der Waals surface area contributed by atoms with Crippen molar-refractivity contribution in [3.63, 3.8) is 0 Å². The minimum Gasteiger partial charge on any atom is -0.478 e. The molecule has 2 rings (SSSR count). The topological polar surface area (TPSA) is 42.2 Å². The molecular formula is C13H11ClFNO2. The lowest BCUT2D eigenvalue weighted by Gasteiger charge is -2.11. The third-order valence-corrected chi connectivity index (χ3v) is 3.11. The van der Waals surface area contributed by atoms with E-state index in [1.165, 1.54) is 18.2 Å². The van der Waals surface area contributed by atoms with Gasteiger partial charge in [-0.3, -0.25) is 0 Å². The van der Waals surface area contributed by atoms with Crippen molar-refractivity contribution in [1.29, 1.82) is 0 Å². The summed E-state index contributed by atoms with van der Waals surface area (Å²) in [6.45, 7) is 3.47. The molecule has 0 amide bonds. The van der Waals surface area contributed by atoms with E-state index in [0.29, 0.717) is 11.4 Å². The molecule has 0 bridgehead atoms. The summed E-state index contributed by atoms with van der Waals surface area (Å²) in [6.07, 6.45) is 0. The molecule has 94 valence electrons. The summed E-state index contributed by atoms with van der Waals surface area (Å²) < 4.78 is 14.7. The Labute approximate surface area is 108 Å². The van der Waals surface area contributed by atoms with Crippen LogP contribution < -0.4 is 0 Å². The summed E-state index contributed by atoms with van der Waals surface area (Å²) in [6, 6.07) is 5.59. The van der Waals surface area contributed by atoms with Crippen LogP contribution in [-0.4, -0.2) is 15.6 Å². The highest BCUT2D eigenvalue weighted by Gasteiger charge is 2.17. The van der Waals surface area contributed by atoms with Crippen LogP contribution in [0, 0.1) is 19.7 Å². The summed E-state index contributed by atoms with van der Waals surface area (Å²) in [5.41, 5.74) is 2.08. The van der Waals surface area contributed by atoms with Crippen molar-refractivity contribution < 1.29 is 14.3 Å². The average Bonchev–Trinajstić information content (AvgIpc) is 2.56. The second-order valence-electron chi connectivity index (χ2n) is 4.02. The van der Waals surface area contributed by atoms with Crippen LogP contribution in [0.5, 0.6) is 0 Å². The fourth-order valence-corrected chi connectivity index (χ4v) is 2.26. The Morgan fingerprint density at radius 2 is 2.00 bits per heavy atom. The van der Waals surface area contributed by atoms with Crippen molar-refractivity contribution >= 4 is 17.6 Å². The van der Waals surface area contributed by atoms with E-state index in [4.69, 9.17) is 16.7 Å². The molecule has 0 fully saturated rings. The fraction of sp³-hybridized carbons (Fsp3) is 0.154.